The lowest BCUT2D eigenvalue weighted by Crippen LogP contribution is -2.23. The molecule has 104 valence electrons. The fraction of sp³-hybridized carbons (Fsp3) is 0.200. The summed E-state index contributed by atoms with van der Waals surface area (Å²) in [4.78, 5) is 16.4. The number of nitrogens with one attached hydrogen (secondary N) is 1. The van der Waals surface area contributed by atoms with Crippen molar-refractivity contribution in [2.75, 3.05) is 7.11 Å². The highest BCUT2D eigenvalue weighted by atomic mass is 79.9. The number of aryl methyl sites for hydroxylation is 1. The maximum atomic E-state index is 12.2. The van der Waals surface area contributed by atoms with Crippen molar-refractivity contribution in [3.8, 4) is 5.75 Å². The van der Waals surface area contributed by atoms with Gasteiger partial charge in [0.2, 0.25) is 0 Å². The molecule has 2 aromatic rings. The number of ether oxygens (including phenoxy) is 1. The average molecular weight is 335 g/mol. The molecule has 2 rings (SSSR count). The van der Waals surface area contributed by atoms with E-state index in [1.807, 2.05) is 19.1 Å². The Morgan fingerprint density at radius 3 is 2.80 bits per heavy atom. The lowest BCUT2D eigenvalue weighted by atomic mass is 10.2. The Bertz CT molecular complexity index is 612. The molecule has 5 heteroatoms. The van der Waals surface area contributed by atoms with Gasteiger partial charge in [-0.2, -0.15) is 0 Å². The number of hydrogen-bond donors (Lipinski definition) is 1. The predicted octanol–water partition coefficient (Wildman–Crippen LogP) is 3.09. The summed E-state index contributed by atoms with van der Waals surface area (Å²) in [6, 6.07) is 9.16. The zero-order valence-corrected chi connectivity index (χ0v) is 12.9. The van der Waals surface area contributed by atoms with Crippen LogP contribution in [0.5, 0.6) is 5.75 Å². The maximum absolute atomic E-state index is 12.2. The van der Waals surface area contributed by atoms with E-state index in [4.69, 9.17) is 4.74 Å². The number of hydrogen-bond acceptors (Lipinski definition) is 3. The Balaban J connectivity index is 2.06. The molecular formula is C15H15BrN2O2. The lowest BCUT2D eigenvalue weighted by molar-refractivity contribution is 0.0950. The normalized spacial score (nSPS) is 10.2. The average Bonchev–Trinajstić information content (AvgIpc) is 2.47. The molecular weight excluding hydrogens is 320 g/mol. The number of aromatic nitrogens is 1. The first-order valence-electron chi connectivity index (χ1n) is 6.13. The van der Waals surface area contributed by atoms with Crippen molar-refractivity contribution in [3.05, 3.63) is 57.8 Å². The number of nitrogens with zero attached hydrogens (tertiary/aromatic N) is 1. The van der Waals surface area contributed by atoms with Crippen LogP contribution >= 0.6 is 15.9 Å². The van der Waals surface area contributed by atoms with Crippen LogP contribution in [0.3, 0.4) is 0 Å². The molecule has 1 aromatic heterocycles. The van der Waals surface area contributed by atoms with Gasteiger partial charge < -0.3 is 10.1 Å². The van der Waals surface area contributed by atoms with Crippen LogP contribution in [0.2, 0.25) is 0 Å². The Hall–Kier alpha value is -1.88. The number of carbonyl (C=O) groups excluding carboxylic acids is 1. The number of pyridine rings is 1. The summed E-state index contributed by atoms with van der Waals surface area (Å²) in [5.41, 5.74) is 2.46. The third-order valence-corrected chi connectivity index (χ3v) is 3.54. The number of carbonyl (C=O) groups is 1. The van der Waals surface area contributed by atoms with Gasteiger partial charge in [-0.15, -0.1) is 0 Å². The fourth-order valence-corrected chi connectivity index (χ4v) is 2.11. The molecule has 0 radical (unpaired) electrons. The molecule has 1 N–H and O–H groups in total. The van der Waals surface area contributed by atoms with Crippen LogP contribution in [0.4, 0.5) is 0 Å². The number of halogens is 1. The van der Waals surface area contributed by atoms with E-state index in [1.165, 1.54) is 0 Å². The van der Waals surface area contributed by atoms with E-state index in [9.17, 15) is 4.79 Å². The Morgan fingerprint density at radius 1 is 1.35 bits per heavy atom. The largest absolute Gasteiger partial charge is 0.497 e. The maximum Gasteiger partial charge on any atom is 0.252 e. The minimum Gasteiger partial charge on any atom is -0.497 e. The van der Waals surface area contributed by atoms with Gasteiger partial charge in [-0.05, 0) is 52.7 Å². The molecule has 0 aliphatic rings. The molecule has 0 aliphatic heterocycles. The van der Waals surface area contributed by atoms with Crippen LogP contribution in [0.1, 0.15) is 21.6 Å². The second kappa shape index (κ2) is 6.52. The van der Waals surface area contributed by atoms with Crippen molar-refractivity contribution in [3.63, 3.8) is 0 Å². The number of rotatable bonds is 4. The number of benzene rings is 1. The van der Waals surface area contributed by atoms with Crippen molar-refractivity contribution < 1.29 is 9.53 Å². The second-order valence-electron chi connectivity index (χ2n) is 4.34. The molecule has 0 atom stereocenters. The van der Waals surface area contributed by atoms with E-state index >= 15 is 0 Å². The summed E-state index contributed by atoms with van der Waals surface area (Å²) < 4.78 is 5.86. The molecule has 1 aromatic carbocycles. The molecule has 1 heterocycles. The first-order chi connectivity index (χ1) is 9.60. The van der Waals surface area contributed by atoms with Crippen molar-refractivity contribution in [2.45, 2.75) is 13.5 Å². The Kier molecular flexibility index (Phi) is 4.74. The van der Waals surface area contributed by atoms with Gasteiger partial charge in [0.15, 0.2) is 0 Å². The van der Waals surface area contributed by atoms with Gasteiger partial charge in [0.1, 0.15) is 5.75 Å². The summed E-state index contributed by atoms with van der Waals surface area (Å²) in [5, 5.41) is 2.86. The van der Waals surface area contributed by atoms with Crippen LogP contribution in [0.15, 0.2) is 41.0 Å². The van der Waals surface area contributed by atoms with Crippen molar-refractivity contribution in [2.24, 2.45) is 0 Å². The highest BCUT2D eigenvalue weighted by Gasteiger charge is 2.11. The van der Waals surface area contributed by atoms with Crippen LogP contribution < -0.4 is 10.1 Å². The monoisotopic (exact) mass is 334 g/mol. The lowest BCUT2D eigenvalue weighted by Gasteiger charge is -2.08. The summed E-state index contributed by atoms with van der Waals surface area (Å²) in [6.45, 7) is 2.37. The van der Waals surface area contributed by atoms with Gasteiger partial charge in [-0.3, -0.25) is 9.78 Å². The van der Waals surface area contributed by atoms with Crippen LogP contribution in [-0.4, -0.2) is 18.0 Å². The van der Waals surface area contributed by atoms with E-state index in [0.29, 0.717) is 17.9 Å². The molecule has 0 bridgehead atoms. The smallest absolute Gasteiger partial charge is 0.252 e. The van der Waals surface area contributed by atoms with Gasteiger partial charge in [-0.25, -0.2) is 0 Å². The third-order valence-electron chi connectivity index (χ3n) is 2.84. The molecule has 1 amide bonds. The summed E-state index contributed by atoms with van der Waals surface area (Å²) in [6.07, 6.45) is 1.76. The topological polar surface area (TPSA) is 51.2 Å². The van der Waals surface area contributed by atoms with Gasteiger partial charge in [0, 0.05) is 22.9 Å². The van der Waals surface area contributed by atoms with Gasteiger partial charge >= 0.3 is 0 Å². The fourth-order valence-electron chi connectivity index (χ4n) is 1.69. The summed E-state index contributed by atoms with van der Waals surface area (Å²) in [5.74, 6) is 0.492. The molecule has 4 nitrogen and oxygen atoms in total. The first kappa shape index (κ1) is 14.5. The van der Waals surface area contributed by atoms with Crippen LogP contribution in [0.25, 0.3) is 0 Å². The van der Waals surface area contributed by atoms with E-state index in [2.05, 4.69) is 26.2 Å². The van der Waals surface area contributed by atoms with Crippen molar-refractivity contribution in [1.29, 1.82) is 0 Å². The molecule has 0 spiro atoms. The van der Waals surface area contributed by atoms with Crippen molar-refractivity contribution >= 4 is 21.8 Å². The minimum atomic E-state index is -0.156. The zero-order valence-electron chi connectivity index (χ0n) is 11.3. The van der Waals surface area contributed by atoms with E-state index in [0.717, 1.165) is 15.7 Å². The molecule has 0 unspecified atom stereocenters. The molecule has 0 fully saturated rings. The third kappa shape index (κ3) is 3.57. The number of methoxy groups -OCH3 is 1. The first-order valence-corrected chi connectivity index (χ1v) is 6.92. The van der Waals surface area contributed by atoms with E-state index in [1.54, 1.807) is 31.5 Å². The zero-order chi connectivity index (χ0) is 14.5. The molecule has 0 saturated heterocycles. The van der Waals surface area contributed by atoms with Crippen LogP contribution in [0, 0.1) is 6.92 Å². The quantitative estimate of drug-likeness (QED) is 0.934. The molecule has 0 aliphatic carbocycles. The second-order valence-corrected chi connectivity index (χ2v) is 5.19. The Morgan fingerprint density at radius 2 is 2.15 bits per heavy atom. The molecule has 0 saturated carbocycles. The predicted molar refractivity (Wildman–Crippen MR) is 80.8 cm³/mol. The van der Waals surface area contributed by atoms with Crippen LogP contribution in [-0.2, 0) is 6.54 Å². The van der Waals surface area contributed by atoms with Gasteiger partial charge in [-0.1, -0.05) is 6.07 Å². The Labute approximate surface area is 126 Å². The highest BCUT2D eigenvalue weighted by Crippen LogP contribution is 2.22. The van der Waals surface area contributed by atoms with Gasteiger partial charge in [0.25, 0.3) is 5.91 Å². The summed E-state index contributed by atoms with van der Waals surface area (Å²) in [7, 11) is 1.57. The van der Waals surface area contributed by atoms with Gasteiger partial charge in [0.05, 0.1) is 12.7 Å². The standard InChI is InChI=1S/C15H15BrN2O2/c1-10-3-4-11(8-17-10)9-18-15(19)13-7-12(20-2)5-6-14(13)16/h3-8H,9H2,1-2H3,(H,18,19). The van der Waals surface area contributed by atoms with E-state index < -0.39 is 0 Å². The molecule has 20 heavy (non-hydrogen) atoms. The minimum absolute atomic E-state index is 0.156. The highest BCUT2D eigenvalue weighted by molar-refractivity contribution is 9.10. The van der Waals surface area contributed by atoms with E-state index in [-0.39, 0.29) is 5.91 Å². The SMILES string of the molecule is COc1ccc(Br)c(C(=O)NCc2ccc(C)nc2)c1. The van der Waals surface area contributed by atoms with Crippen molar-refractivity contribution in [1.82, 2.24) is 10.3 Å². The summed E-state index contributed by atoms with van der Waals surface area (Å²) >= 11 is 3.37. The number of amides is 1.